The average molecular weight is 703 g/mol. The van der Waals surface area contributed by atoms with Gasteiger partial charge in [-0.2, -0.15) is 0 Å². The van der Waals surface area contributed by atoms with Crippen LogP contribution in [0.3, 0.4) is 0 Å². The van der Waals surface area contributed by atoms with Crippen LogP contribution in [0.4, 0.5) is 11.4 Å². The fraction of sp³-hybridized carbons (Fsp3) is 0.231. The van der Waals surface area contributed by atoms with E-state index in [1.165, 1.54) is 24.1 Å². The summed E-state index contributed by atoms with van der Waals surface area (Å²) in [7, 11) is -0.377. The quantitative estimate of drug-likeness (QED) is 0.155. The predicted molar refractivity (Wildman–Crippen MR) is 190 cm³/mol. The topological polar surface area (TPSA) is 145 Å². The van der Waals surface area contributed by atoms with Gasteiger partial charge in [-0.15, -0.1) is 0 Å². The van der Waals surface area contributed by atoms with Crippen molar-refractivity contribution in [2.75, 3.05) is 16.9 Å². The third kappa shape index (κ3) is 4.72. The number of carbonyl (C=O) groups excluding carboxylic acids is 4. The molecule has 0 unspecified atom stereocenters. The maximum absolute atomic E-state index is 15.3. The van der Waals surface area contributed by atoms with Crippen LogP contribution >= 0.6 is 11.6 Å². The second-order valence-corrected chi connectivity index (χ2v) is 13.9. The molecule has 0 bridgehead atoms. The third-order valence-electron chi connectivity index (χ3n) is 11.2. The van der Waals surface area contributed by atoms with Gasteiger partial charge in [0.2, 0.25) is 23.6 Å². The number of halogens is 1. The molecule has 3 N–H and O–H groups in total. The SMILES string of the molecule is COc1cccc([C@H]2C3=CC[C@@H]4C(=O)N(c5cccc(B(O)O)c5)C(=O)[C@@H]4[C@@H]3C[C@H]3C(=O)N(c4cccc(Cl)c4)C(=O)[C@@]23c2ccccc2)c1O. The molecule has 51 heavy (non-hydrogen) atoms. The number of imide groups is 2. The molecule has 2 heterocycles. The van der Waals surface area contributed by atoms with Crippen LogP contribution in [0.25, 0.3) is 0 Å². The molecule has 0 spiro atoms. The Hall–Kier alpha value is -5.23. The number of aromatic hydroxyl groups is 1. The first-order valence-corrected chi connectivity index (χ1v) is 17.1. The van der Waals surface area contributed by atoms with Gasteiger partial charge >= 0.3 is 7.12 Å². The summed E-state index contributed by atoms with van der Waals surface area (Å²) < 4.78 is 5.52. The smallest absolute Gasteiger partial charge is 0.488 e. The molecular formula is C39H32BClN2O8. The van der Waals surface area contributed by atoms with Crippen molar-refractivity contribution in [1.29, 1.82) is 0 Å². The second-order valence-electron chi connectivity index (χ2n) is 13.5. The van der Waals surface area contributed by atoms with E-state index in [1.54, 1.807) is 66.7 Å². The fourth-order valence-corrected chi connectivity index (χ4v) is 9.29. The van der Waals surface area contributed by atoms with E-state index in [4.69, 9.17) is 16.3 Å². The van der Waals surface area contributed by atoms with Gasteiger partial charge in [-0.3, -0.25) is 24.1 Å². The average Bonchev–Trinajstić information content (AvgIpc) is 3.53. The molecule has 3 fully saturated rings. The van der Waals surface area contributed by atoms with Crippen LogP contribution in [0, 0.1) is 23.7 Å². The first kappa shape index (κ1) is 32.9. The Balaban J connectivity index is 1.35. The van der Waals surface area contributed by atoms with Crippen molar-refractivity contribution in [2.24, 2.45) is 23.7 Å². The lowest BCUT2D eigenvalue weighted by molar-refractivity contribution is -0.127. The normalized spacial score (nSPS) is 26.8. The number of phenolic OH excluding ortho intramolecular Hbond substituents is 1. The lowest BCUT2D eigenvalue weighted by atomic mass is 9.49. The summed E-state index contributed by atoms with van der Waals surface area (Å²) in [6, 6.07) is 26.6. The summed E-state index contributed by atoms with van der Waals surface area (Å²) >= 11 is 6.38. The monoisotopic (exact) mass is 702 g/mol. The molecule has 4 aromatic rings. The molecule has 2 saturated heterocycles. The van der Waals surface area contributed by atoms with E-state index in [1.807, 2.05) is 24.3 Å². The number of hydrogen-bond acceptors (Lipinski definition) is 8. The molecule has 10 nitrogen and oxygen atoms in total. The highest BCUT2D eigenvalue weighted by Crippen LogP contribution is 2.65. The highest BCUT2D eigenvalue weighted by molar-refractivity contribution is 6.58. The number of ether oxygens (including phenoxy) is 1. The van der Waals surface area contributed by atoms with E-state index in [0.717, 1.165) is 4.90 Å². The molecule has 4 aromatic carbocycles. The number of allylic oxidation sites excluding steroid dienone is 2. The number of phenols is 1. The molecule has 8 rings (SSSR count). The van der Waals surface area contributed by atoms with Crippen molar-refractivity contribution < 1.29 is 39.1 Å². The number of para-hydroxylation sites is 1. The third-order valence-corrected chi connectivity index (χ3v) is 11.4. The van der Waals surface area contributed by atoms with Crippen LogP contribution < -0.4 is 20.0 Å². The van der Waals surface area contributed by atoms with Crippen LogP contribution in [0.2, 0.25) is 5.02 Å². The Kier molecular flexibility index (Phi) is 7.90. The largest absolute Gasteiger partial charge is 0.504 e. The number of carbonyl (C=O) groups is 4. The minimum atomic E-state index is -1.80. The van der Waals surface area contributed by atoms with Gasteiger partial charge in [0.25, 0.3) is 0 Å². The van der Waals surface area contributed by atoms with Gasteiger partial charge < -0.3 is 19.9 Å². The van der Waals surface area contributed by atoms with Crippen LogP contribution in [0.1, 0.15) is 29.9 Å². The standard InChI is InChI=1S/C39H32BClN2O8/c1-51-31-15-7-14-28(34(31)44)33-26-16-17-27-32(37(47)42(35(27)45)24-12-5-10-22(18-24)40(49)50)29(26)20-30-36(46)43(25-13-6-11-23(41)19-25)38(48)39(30,33)21-8-3-2-4-9-21/h2-16,18-19,27,29-30,32-33,44,49-50H,17,20H2,1H3/t27-,29+,30-,32-,33+,39+/m0/s1. The van der Waals surface area contributed by atoms with E-state index in [2.05, 4.69) is 0 Å². The predicted octanol–water partition coefficient (Wildman–Crippen LogP) is 4.10. The molecule has 0 radical (unpaired) electrons. The van der Waals surface area contributed by atoms with E-state index >= 15 is 4.79 Å². The van der Waals surface area contributed by atoms with Crippen molar-refractivity contribution in [3.63, 3.8) is 0 Å². The van der Waals surface area contributed by atoms with Gasteiger partial charge in [0.1, 0.15) is 0 Å². The van der Waals surface area contributed by atoms with E-state index in [0.29, 0.717) is 27.4 Å². The number of benzene rings is 4. The van der Waals surface area contributed by atoms with Gasteiger partial charge in [-0.1, -0.05) is 83.9 Å². The number of hydrogen-bond donors (Lipinski definition) is 3. The highest BCUT2D eigenvalue weighted by atomic mass is 35.5. The van der Waals surface area contributed by atoms with E-state index in [-0.39, 0.29) is 35.5 Å². The first-order valence-electron chi connectivity index (χ1n) is 16.7. The molecule has 4 aliphatic rings. The Morgan fingerprint density at radius 1 is 0.804 bits per heavy atom. The molecule has 2 aliphatic heterocycles. The van der Waals surface area contributed by atoms with Gasteiger partial charge in [0.05, 0.1) is 41.7 Å². The van der Waals surface area contributed by atoms with Crippen molar-refractivity contribution in [2.45, 2.75) is 24.2 Å². The molecule has 6 atom stereocenters. The Labute approximate surface area is 298 Å². The molecule has 4 amide bonds. The number of nitrogens with zero attached hydrogens (tertiary/aromatic N) is 2. The number of rotatable bonds is 6. The fourth-order valence-electron chi connectivity index (χ4n) is 9.10. The minimum absolute atomic E-state index is 0.0764. The first-order chi connectivity index (χ1) is 24.6. The van der Waals surface area contributed by atoms with Gasteiger partial charge in [0, 0.05) is 16.5 Å². The lowest BCUT2D eigenvalue weighted by Crippen LogP contribution is -2.53. The second kappa shape index (κ2) is 12.2. The Morgan fingerprint density at radius 2 is 1.51 bits per heavy atom. The zero-order chi connectivity index (χ0) is 35.8. The van der Waals surface area contributed by atoms with Crippen molar-refractivity contribution in [1.82, 2.24) is 0 Å². The molecule has 12 heteroatoms. The minimum Gasteiger partial charge on any atom is -0.504 e. The van der Waals surface area contributed by atoms with Crippen LogP contribution in [-0.4, -0.2) is 53.0 Å². The van der Waals surface area contributed by atoms with Gasteiger partial charge in [-0.05, 0) is 66.2 Å². The highest BCUT2D eigenvalue weighted by Gasteiger charge is 2.70. The van der Waals surface area contributed by atoms with Crippen molar-refractivity contribution in [3.05, 3.63) is 125 Å². The summed E-state index contributed by atoms with van der Waals surface area (Å²) in [6.07, 6.45) is 2.16. The van der Waals surface area contributed by atoms with Crippen molar-refractivity contribution in [3.8, 4) is 11.5 Å². The number of fused-ring (bicyclic) bond motifs is 4. The van der Waals surface area contributed by atoms with Crippen LogP contribution in [0.15, 0.2) is 109 Å². The Bertz CT molecular complexity index is 2160. The molecule has 1 saturated carbocycles. The summed E-state index contributed by atoms with van der Waals surface area (Å²) in [6.45, 7) is 0. The summed E-state index contributed by atoms with van der Waals surface area (Å²) in [5.74, 6) is -6.14. The zero-order valence-electron chi connectivity index (χ0n) is 27.3. The summed E-state index contributed by atoms with van der Waals surface area (Å²) in [5, 5.41) is 31.7. The maximum Gasteiger partial charge on any atom is 0.488 e. The van der Waals surface area contributed by atoms with Gasteiger partial charge in [-0.25, -0.2) is 4.90 Å². The summed E-state index contributed by atoms with van der Waals surface area (Å²) in [4.78, 5) is 61.0. The molecular weight excluding hydrogens is 671 g/mol. The maximum atomic E-state index is 15.3. The number of amides is 4. The number of anilines is 2. The van der Waals surface area contributed by atoms with E-state index in [9.17, 15) is 29.5 Å². The number of methoxy groups -OCH3 is 1. The molecule has 0 aromatic heterocycles. The van der Waals surface area contributed by atoms with Gasteiger partial charge in [0.15, 0.2) is 11.5 Å². The van der Waals surface area contributed by atoms with Crippen LogP contribution in [-0.2, 0) is 24.6 Å². The summed E-state index contributed by atoms with van der Waals surface area (Å²) in [5.41, 5.74) is 0.674. The Morgan fingerprint density at radius 3 is 2.22 bits per heavy atom. The molecule has 2 aliphatic carbocycles. The lowest BCUT2D eigenvalue weighted by Gasteiger charge is -2.50. The van der Waals surface area contributed by atoms with Crippen LogP contribution in [0.5, 0.6) is 11.5 Å². The molecule has 256 valence electrons. The zero-order valence-corrected chi connectivity index (χ0v) is 28.1. The van der Waals surface area contributed by atoms with Crippen molar-refractivity contribution >= 4 is 59.2 Å². The van der Waals surface area contributed by atoms with E-state index < -0.39 is 65.8 Å².